The summed E-state index contributed by atoms with van der Waals surface area (Å²) in [4.78, 5) is 0. The van der Waals surface area contributed by atoms with E-state index in [9.17, 15) is 0 Å². The molecule has 0 aliphatic heterocycles. The molecular formula is C20H48EuO8. The molecule has 8 atom stereocenters. The monoisotopic (exact) mass is 569 g/mol. The van der Waals surface area contributed by atoms with Gasteiger partial charge >= 0.3 is 0 Å². The van der Waals surface area contributed by atoms with Gasteiger partial charge in [0.2, 0.25) is 0 Å². The molecule has 8 N–H and O–H groups in total. The molecule has 9 heteroatoms. The van der Waals surface area contributed by atoms with Crippen molar-refractivity contribution in [3.8, 4) is 0 Å². The van der Waals surface area contributed by atoms with Crippen molar-refractivity contribution in [1.29, 1.82) is 0 Å². The first kappa shape index (κ1) is 40.6. The Labute approximate surface area is 218 Å². The van der Waals surface area contributed by atoms with Crippen LogP contribution in [0.2, 0.25) is 0 Å². The third-order valence-electron chi connectivity index (χ3n) is 2.73. The van der Waals surface area contributed by atoms with Crippen LogP contribution in [0.3, 0.4) is 0 Å². The second-order valence-corrected chi connectivity index (χ2v) is 7.73. The largest absolute Gasteiger partial charge is 0.393 e. The number of aliphatic hydroxyl groups excluding tert-OH is 8. The second kappa shape index (κ2) is 27.3. The first-order chi connectivity index (χ1) is 12.5. The summed E-state index contributed by atoms with van der Waals surface area (Å²) >= 11 is 0. The van der Waals surface area contributed by atoms with E-state index in [1.165, 1.54) is 0 Å². The molecule has 0 amide bonds. The van der Waals surface area contributed by atoms with E-state index in [4.69, 9.17) is 40.9 Å². The molecule has 0 saturated heterocycles. The van der Waals surface area contributed by atoms with Crippen molar-refractivity contribution < 1.29 is 90.2 Å². The smallest absolute Gasteiger partial charge is 0.0536 e. The summed E-state index contributed by atoms with van der Waals surface area (Å²) < 4.78 is 0. The Morgan fingerprint density at radius 3 is 0.379 bits per heavy atom. The van der Waals surface area contributed by atoms with Crippen LogP contribution in [0.4, 0.5) is 0 Å². The van der Waals surface area contributed by atoms with Gasteiger partial charge in [0.25, 0.3) is 0 Å². The minimum atomic E-state index is -0.375. The predicted molar refractivity (Wildman–Crippen MR) is 112 cm³/mol. The summed E-state index contributed by atoms with van der Waals surface area (Å²) in [7, 11) is 0. The standard InChI is InChI=1S/4C5H12O2.Eu/c4*1-4(6)3-5(2)7;/h4*4-7H,3H2,1-2H3;. The fraction of sp³-hybridized carbons (Fsp3) is 1.00. The van der Waals surface area contributed by atoms with Crippen LogP contribution in [0.1, 0.15) is 81.1 Å². The van der Waals surface area contributed by atoms with Crippen LogP contribution in [0.25, 0.3) is 0 Å². The van der Waals surface area contributed by atoms with E-state index in [2.05, 4.69) is 0 Å². The molecule has 29 heavy (non-hydrogen) atoms. The van der Waals surface area contributed by atoms with E-state index < -0.39 is 0 Å². The van der Waals surface area contributed by atoms with Gasteiger partial charge in [-0.15, -0.1) is 0 Å². The maximum absolute atomic E-state index is 8.56. The Bertz CT molecular complexity index is 204. The Morgan fingerprint density at radius 2 is 0.379 bits per heavy atom. The molecule has 8 nitrogen and oxygen atoms in total. The minimum absolute atomic E-state index is 0. The van der Waals surface area contributed by atoms with Crippen LogP contribution in [0.15, 0.2) is 0 Å². The van der Waals surface area contributed by atoms with Crippen LogP contribution >= 0.6 is 0 Å². The van der Waals surface area contributed by atoms with E-state index >= 15 is 0 Å². The van der Waals surface area contributed by atoms with Crippen molar-refractivity contribution in [3.05, 3.63) is 0 Å². The van der Waals surface area contributed by atoms with Gasteiger partial charge in [0.15, 0.2) is 0 Å². The molecule has 8 unspecified atom stereocenters. The van der Waals surface area contributed by atoms with Gasteiger partial charge in [0, 0.05) is 49.4 Å². The van der Waals surface area contributed by atoms with Gasteiger partial charge in [-0.2, -0.15) is 0 Å². The van der Waals surface area contributed by atoms with Crippen LogP contribution in [-0.4, -0.2) is 89.7 Å². The fourth-order valence-electron chi connectivity index (χ4n) is 1.97. The second-order valence-electron chi connectivity index (χ2n) is 7.73. The molecule has 0 heterocycles. The molecule has 0 aromatic carbocycles. The van der Waals surface area contributed by atoms with Crippen molar-refractivity contribution in [2.24, 2.45) is 0 Å². The van der Waals surface area contributed by atoms with Crippen LogP contribution in [0.5, 0.6) is 0 Å². The SMILES string of the molecule is CC(O)CC(C)O.CC(O)CC(C)O.CC(O)CC(C)O.CC(O)CC(C)O.[Eu]. The predicted octanol–water partition coefficient (Wildman–Crippen LogP) is 0.552. The molecule has 183 valence electrons. The molecule has 1 radical (unpaired) electrons. The fourth-order valence-corrected chi connectivity index (χ4v) is 1.97. The maximum Gasteiger partial charge on any atom is 0.0536 e. The maximum atomic E-state index is 8.56. The van der Waals surface area contributed by atoms with Gasteiger partial charge < -0.3 is 40.9 Å². The topological polar surface area (TPSA) is 162 Å². The molecule has 0 fully saturated rings. The van der Waals surface area contributed by atoms with Crippen molar-refractivity contribution in [2.75, 3.05) is 0 Å². The zero-order valence-corrected chi connectivity index (χ0v) is 21.8. The van der Waals surface area contributed by atoms with E-state index in [0.29, 0.717) is 25.7 Å². The van der Waals surface area contributed by atoms with Crippen molar-refractivity contribution >= 4 is 0 Å². The Balaban J connectivity index is -0.0000000873. The van der Waals surface area contributed by atoms with Crippen molar-refractivity contribution in [2.45, 2.75) is 130 Å². The third-order valence-corrected chi connectivity index (χ3v) is 2.73. The van der Waals surface area contributed by atoms with E-state index in [-0.39, 0.29) is 98.2 Å². The average Bonchev–Trinajstić information content (AvgIpc) is 2.32. The normalized spacial score (nSPS) is 18.2. The Morgan fingerprint density at radius 1 is 0.310 bits per heavy atom. The summed E-state index contributed by atoms with van der Waals surface area (Å²) in [6, 6.07) is 0. The van der Waals surface area contributed by atoms with Gasteiger partial charge in [-0.25, -0.2) is 0 Å². The van der Waals surface area contributed by atoms with Crippen LogP contribution in [-0.2, 0) is 0 Å². The summed E-state index contributed by atoms with van der Waals surface area (Å²) in [6.07, 6.45) is -1.11. The average molecular weight is 569 g/mol. The zero-order chi connectivity index (χ0) is 23.4. The van der Waals surface area contributed by atoms with Gasteiger partial charge in [0.1, 0.15) is 0 Å². The number of hydrogen-bond donors (Lipinski definition) is 8. The number of aliphatic hydroxyl groups is 8. The van der Waals surface area contributed by atoms with Crippen LogP contribution < -0.4 is 0 Å². The van der Waals surface area contributed by atoms with Gasteiger partial charge in [0.05, 0.1) is 48.8 Å². The molecule has 0 aliphatic carbocycles. The quantitative estimate of drug-likeness (QED) is 0.211. The van der Waals surface area contributed by atoms with E-state index in [1.54, 1.807) is 55.4 Å². The number of rotatable bonds is 8. The summed E-state index contributed by atoms with van der Waals surface area (Å²) in [5.74, 6) is 0. The molecule has 0 aromatic rings. The van der Waals surface area contributed by atoms with Crippen molar-refractivity contribution in [1.82, 2.24) is 0 Å². The Hall–Kier alpha value is 1.26. The van der Waals surface area contributed by atoms with Crippen LogP contribution in [0, 0.1) is 49.4 Å². The van der Waals surface area contributed by atoms with Gasteiger partial charge in [-0.1, -0.05) is 0 Å². The molecule has 0 saturated carbocycles. The first-order valence-corrected chi connectivity index (χ1v) is 9.95. The Kier molecular flexibility index (Phi) is 38.2. The molecule has 0 bridgehead atoms. The minimum Gasteiger partial charge on any atom is -0.393 e. The number of hydrogen-bond acceptors (Lipinski definition) is 8. The third kappa shape index (κ3) is 73.0. The van der Waals surface area contributed by atoms with Crippen molar-refractivity contribution in [3.63, 3.8) is 0 Å². The summed E-state index contributed by atoms with van der Waals surface area (Å²) in [6.45, 7) is 13.3. The van der Waals surface area contributed by atoms with Gasteiger partial charge in [-0.05, 0) is 81.1 Å². The van der Waals surface area contributed by atoms with Gasteiger partial charge in [-0.3, -0.25) is 0 Å². The molecule has 0 aliphatic rings. The first-order valence-electron chi connectivity index (χ1n) is 9.95. The molecule has 0 spiro atoms. The van der Waals surface area contributed by atoms with E-state index in [1.807, 2.05) is 0 Å². The summed E-state index contributed by atoms with van der Waals surface area (Å²) in [5.41, 5.74) is 0. The zero-order valence-electron chi connectivity index (χ0n) is 19.4. The summed E-state index contributed by atoms with van der Waals surface area (Å²) in [5, 5.41) is 68.5. The van der Waals surface area contributed by atoms with E-state index in [0.717, 1.165) is 0 Å². The molecular weight excluding hydrogens is 520 g/mol. The molecule has 0 aromatic heterocycles. The molecule has 0 rings (SSSR count).